The number of nitrogens with one attached hydrogen (secondary N) is 2. The van der Waals surface area contributed by atoms with E-state index in [-0.39, 0.29) is 41.0 Å². The minimum Gasteiger partial charge on any atom is -0.480 e. The van der Waals surface area contributed by atoms with Crippen LogP contribution in [0.15, 0.2) is 77.7 Å². The van der Waals surface area contributed by atoms with Gasteiger partial charge in [0.2, 0.25) is 15.9 Å². The highest BCUT2D eigenvalue weighted by molar-refractivity contribution is 7.89. The summed E-state index contributed by atoms with van der Waals surface area (Å²) in [4.78, 5) is 24.0. The van der Waals surface area contributed by atoms with E-state index in [0.717, 1.165) is 22.3 Å². The molecule has 0 aliphatic heterocycles. The van der Waals surface area contributed by atoms with Gasteiger partial charge in [-0.3, -0.25) is 9.59 Å². The number of rotatable bonds is 10. The van der Waals surface area contributed by atoms with Crippen molar-refractivity contribution in [2.75, 3.05) is 0 Å². The highest BCUT2D eigenvalue weighted by atomic mass is 32.2. The smallest absolute Gasteiger partial charge is 0.320 e. The van der Waals surface area contributed by atoms with Gasteiger partial charge in [0.25, 0.3) is 0 Å². The molecule has 5 N–H and O–H groups in total. The number of hydrogen-bond donors (Lipinski definition) is 4. The molecule has 4 rings (SSSR count). The van der Waals surface area contributed by atoms with Crippen LogP contribution in [0.3, 0.4) is 0 Å². The molecule has 1 aliphatic rings. The van der Waals surface area contributed by atoms with E-state index in [9.17, 15) is 22.4 Å². The number of hydrogen-bond acceptors (Lipinski definition) is 5. The van der Waals surface area contributed by atoms with Gasteiger partial charge in [-0.2, -0.15) is 0 Å². The molecule has 3 aromatic carbocycles. The van der Waals surface area contributed by atoms with Gasteiger partial charge in [-0.05, 0) is 85.5 Å². The molecular formula is C30H34FN3O5S. The lowest BCUT2D eigenvalue weighted by molar-refractivity contribution is -0.138. The lowest BCUT2D eigenvalue weighted by Crippen LogP contribution is -2.41. The van der Waals surface area contributed by atoms with Crippen molar-refractivity contribution < 1.29 is 27.5 Å². The Kier molecular flexibility index (Phi) is 9.34. The molecule has 10 heteroatoms. The molecule has 1 amide bonds. The third-order valence-corrected chi connectivity index (χ3v) is 8.88. The van der Waals surface area contributed by atoms with Gasteiger partial charge in [-0.15, -0.1) is 0 Å². The van der Waals surface area contributed by atoms with Crippen molar-refractivity contribution in [3.8, 4) is 11.1 Å². The Morgan fingerprint density at radius 3 is 2.25 bits per heavy atom. The van der Waals surface area contributed by atoms with E-state index >= 15 is 0 Å². The van der Waals surface area contributed by atoms with E-state index in [1.807, 2.05) is 25.1 Å². The zero-order valence-electron chi connectivity index (χ0n) is 22.2. The Labute approximate surface area is 233 Å². The Morgan fingerprint density at radius 1 is 0.975 bits per heavy atom. The number of aliphatic carboxylic acids is 1. The number of carboxylic acid groups (broad SMARTS) is 1. The zero-order chi connectivity index (χ0) is 28.9. The number of sulfonamides is 1. The summed E-state index contributed by atoms with van der Waals surface area (Å²) in [6.07, 6.45) is 2.42. The second kappa shape index (κ2) is 12.7. The van der Waals surface area contributed by atoms with E-state index in [1.165, 1.54) is 12.1 Å². The fraction of sp³-hybridized carbons (Fsp3) is 0.333. The first-order chi connectivity index (χ1) is 19.0. The molecular weight excluding hydrogens is 533 g/mol. The summed E-state index contributed by atoms with van der Waals surface area (Å²) < 4.78 is 42.0. The molecule has 1 fully saturated rings. The second-order valence-corrected chi connectivity index (χ2v) is 12.0. The molecule has 2 atom stereocenters. The summed E-state index contributed by atoms with van der Waals surface area (Å²) in [6, 6.07) is 18.4. The van der Waals surface area contributed by atoms with Gasteiger partial charge in [0.15, 0.2) is 0 Å². The molecule has 3 aromatic rings. The van der Waals surface area contributed by atoms with E-state index in [2.05, 4.69) is 10.0 Å². The normalized spacial score (nSPS) is 19.0. The molecule has 40 heavy (non-hydrogen) atoms. The number of carboxylic acids is 1. The lowest BCUT2D eigenvalue weighted by Gasteiger charge is -2.29. The third-order valence-electron chi connectivity index (χ3n) is 7.35. The highest BCUT2D eigenvalue weighted by Crippen LogP contribution is 2.28. The molecule has 1 saturated carbocycles. The van der Waals surface area contributed by atoms with Crippen LogP contribution in [0, 0.1) is 11.7 Å². The second-order valence-electron chi connectivity index (χ2n) is 10.3. The van der Waals surface area contributed by atoms with Gasteiger partial charge in [0.1, 0.15) is 11.9 Å². The first-order valence-electron chi connectivity index (χ1n) is 13.3. The van der Waals surface area contributed by atoms with Crippen LogP contribution in [0.2, 0.25) is 0 Å². The first kappa shape index (κ1) is 29.4. The fourth-order valence-electron chi connectivity index (χ4n) is 4.97. The average Bonchev–Trinajstić information content (AvgIpc) is 2.93. The van der Waals surface area contributed by atoms with Gasteiger partial charge in [-0.25, -0.2) is 17.5 Å². The topological polar surface area (TPSA) is 139 Å². The largest absolute Gasteiger partial charge is 0.480 e. The summed E-state index contributed by atoms with van der Waals surface area (Å²) in [5, 5.41) is 12.0. The fourth-order valence-corrected chi connectivity index (χ4v) is 6.28. The van der Waals surface area contributed by atoms with Crippen molar-refractivity contribution in [3.05, 3.63) is 89.7 Å². The maximum absolute atomic E-state index is 13.2. The van der Waals surface area contributed by atoms with Crippen molar-refractivity contribution in [1.82, 2.24) is 10.0 Å². The predicted octanol–water partition coefficient (Wildman–Crippen LogP) is 4.16. The van der Waals surface area contributed by atoms with Crippen molar-refractivity contribution in [3.63, 3.8) is 0 Å². The van der Waals surface area contributed by atoms with E-state index in [1.54, 1.807) is 42.5 Å². The number of carbonyl (C=O) groups excluding carboxylic acids is 1. The van der Waals surface area contributed by atoms with Crippen molar-refractivity contribution in [2.24, 2.45) is 11.7 Å². The summed E-state index contributed by atoms with van der Waals surface area (Å²) in [6.45, 7) is 1.85. The Balaban J connectivity index is 1.31. The molecule has 0 bridgehead atoms. The summed E-state index contributed by atoms with van der Waals surface area (Å²) in [5.74, 6) is -1.68. The SMILES string of the molecule is C[C@@H](NC(=O)C1CCC(NS(=O)(=O)c2ccc(-c3cccc(C[C@H](N)C(=O)O)c3)cc2)CC1)c1ccc(F)cc1. The summed E-state index contributed by atoms with van der Waals surface area (Å²) in [5.41, 5.74) is 8.87. The Hall–Kier alpha value is -3.60. The van der Waals surface area contributed by atoms with Crippen molar-refractivity contribution >= 4 is 21.9 Å². The van der Waals surface area contributed by atoms with Gasteiger partial charge in [-0.1, -0.05) is 48.5 Å². The van der Waals surface area contributed by atoms with E-state index in [0.29, 0.717) is 25.7 Å². The van der Waals surface area contributed by atoms with Gasteiger partial charge in [0.05, 0.1) is 10.9 Å². The molecule has 0 aromatic heterocycles. The van der Waals surface area contributed by atoms with E-state index < -0.39 is 22.0 Å². The van der Waals surface area contributed by atoms with Crippen LogP contribution in [0.4, 0.5) is 4.39 Å². The zero-order valence-corrected chi connectivity index (χ0v) is 23.0. The Bertz CT molecular complexity index is 1440. The number of halogens is 1. The van der Waals surface area contributed by atoms with Crippen LogP contribution in [0.25, 0.3) is 11.1 Å². The number of carbonyl (C=O) groups is 2. The average molecular weight is 568 g/mol. The summed E-state index contributed by atoms with van der Waals surface area (Å²) >= 11 is 0. The molecule has 0 spiro atoms. The van der Waals surface area contributed by atoms with Crippen LogP contribution in [-0.2, 0) is 26.0 Å². The van der Waals surface area contributed by atoms with Gasteiger partial charge in [0, 0.05) is 12.0 Å². The molecule has 0 radical (unpaired) electrons. The monoisotopic (exact) mass is 567 g/mol. The van der Waals surface area contributed by atoms with Crippen LogP contribution < -0.4 is 15.8 Å². The molecule has 212 valence electrons. The Morgan fingerprint density at radius 2 is 1.62 bits per heavy atom. The number of benzene rings is 3. The minimum atomic E-state index is -3.75. The van der Waals surface area contributed by atoms with E-state index in [4.69, 9.17) is 10.8 Å². The van der Waals surface area contributed by atoms with Crippen LogP contribution >= 0.6 is 0 Å². The van der Waals surface area contributed by atoms with Gasteiger partial charge >= 0.3 is 5.97 Å². The highest BCUT2D eigenvalue weighted by Gasteiger charge is 2.30. The lowest BCUT2D eigenvalue weighted by atomic mass is 9.85. The minimum absolute atomic E-state index is 0.0808. The molecule has 8 nitrogen and oxygen atoms in total. The van der Waals surface area contributed by atoms with Crippen molar-refractivity contribution in [2.45, 2.75) is 62.0 Å². The number of amides is 1. The molecule has 0 saturated heterocycles. The molecule has 0 unspecified atom stereocenters. The van der Waals surface area contributed by atoms with Crippen LogP contribution in [-0.4, -0.2) is 37.5 Å². The van der Waals surface area contributed by atoms with Crippen molar-refractivity contribution in [1.29, 1.82) is 0 Å². The quantitative estimate of drug-likeness (QED) is 0.290. The maximum atomic E-state index is 13.2. The van der Waals surface area contributed by atoms with Gasteiger partial charge < -0.3 is 16.2 Å². The van der Waals surface area contributed by atoms with Crippen LogP contribution in [0.5, 0.6) is 0 Å². The summed E-state index contributed by atoms with van der Waals surface area (Å²) in [7, 11) is -3.75. The predicted molar refractivity (Wildman–Crippen MR) is 150 cm³/mol. The number of nitrogens with two attached hydrogens (primary N) is 1. The first-order valence-corrected chi connectivity index (χ1v) is 14.8. The third kappa shape index (κ3) is 7.53. The standard InChI is InChI=1S/C30H34FN3O5S/c1-19(21-5-11-25(31)12-6-21)33-29(35)23-7-13-26(14-8-23)34-40(38,39)27-15-9-22(10-16-27)24-4-2-3-20(17-24)18-28(32)30(36)37/h2-6,9-12,15-17,19,23,26,28,34H,7-8,13-14,18,32H2,1H3,(H,33,35)(H,36,37)/t19-,23?,26?,28+/m1/s1. The molecule has 1 aliphatic carbocycles. The van der Waals surface area contributed by atoms with Crippen LogP contribution in [0.1, 0.15) is 49.8 Å². The molecule has 0 heterocycles. The maximum Gasteiger partial charge on any atom is 0.320 e.